The molecule has 0 spiro atoms. The lowest BCUT2D eigenvalue weighted by molar-refractivity contribution is 0.163. The van der Waals surface area contributed by atoms with Crippen LogP contribution in [0.5, 0.6) is 5.75 Å². The first-order chi connectivity index (χ1) is 12.3. The summed E-state index contributed by atoms with van der Waals surface area (Å²) in [6.07, 6.45) is 3.73. The van der Waals surface area contributed by atoms with Crippen LogP contribution in [0.25, 0.3) is 10.9 Å². The van der Waals surface area contributed by atoms with Crippen LogP contribution in [-0.4, -0.2) is 10.1 Å². The Balaban J connectivity index is 1.63. The number of rotatable bonds is 8. The molecule has 0 saturated heterocycles. The minimum Gasteiger partial charge on any atom is -0.487 e. The van der Waals surface area contributed by atoms with Crippen LogP contribution in [-0.2, 0) is 6.61 Å². The van der Waals surface area contributed by atoms with Crippen LogP contribution >= 0.6 is 0 Å². The molecule has 3 nitrogen and oxygen atoms in total. The van der Waals surface area contributed by atoms with E-state index in [4.69, 9.17) is 4.74 Å². The number of aliphatic hydroxyl groups excluding tert-OH is 1. The summed E-state index contributed by atoms with van der Waals surface area (Å²) in [7, 11) is 0. The first kappa shape index (κ1) is 17.4. The van der Waals surface area contributed by atoms with E-state index in [9.17, 15) is 5.11 Å². The molecule has 0 unspecified atom stereocenters. The molecule has 25 heavy (non-hydrogen) atoms. The van der Waals surface area contributed by atoms with Gasteiger partial charge in [0.2, 0.25) is 0 Å². The van der Waals surface area contributed by atoms with Crippen LogP contribution in [0.2, 0.25) is 0 Å². The molecule has 0 radical (unpaired) electrons. The number of aromatic nitrogens is 1. The molecular weight excluding hydrogens is 310 g/mol. The van der Waals surface area contributed by atoms with Gasteiger partial charge < -0.3 is 9.84 Å². The molecular formula is C22H25NO2. The van der Waals surface area contributed by atoms with E-state index in [2.05, 4.69) is 24.0 Å². The van der Waals surface area contributed by atoms with Crippen molar-refractivity contribution in [2.45, 2.75) is 45.3 Å². The lowest BCUT2D eigenvalue weighted by Crippen LogP contribution is -2.01. The van der Waals surface area contributed by atoms with Crippen molar-refractivity contribution < 1.29 is 9.84 Å². The Bertz CT molecular complexity index is 816. The fourth-order valence-corrected chi connectivity index (χ4v) is 2.91. The molecule has 0 fully saturated rings. The van der Waals surface area contributed by atoms with Crippen LogP contribution in [0.15, 0.2) is 60.7 Å². The number of para-hydroxylation sites is 1. The highest BCUT2D eigenvalue weighted by Crippen LogP contribution is 2.24. The molecule has 1 atom stereocenters. The van der Waals surface area contributed by atoms with Gasteiger partial charge in [-0.3, -0.25) is 0 Å². The Labute approximate surface area is 149 Å². The highest BCUT2D eigenvalue weighted by Gasteiger charge is 2.08. The third-order valence-corrected chi connectivity index (χ3v) is 4.37. The number of ether oxygens (including phenoxy) is 1. The van der Waals surface area contributed by atoms with E-state index in [0.717, 1.165) is 53.6 Å². The molecule has 130 valence electrons. The van der Waals surface area contributed by atoms with Crippen LogP contribution in [0.1, 0.15) is 50.0 Å². The number of hydrogen-bond acceptors (Lipinski definition) is 3. The van der Waals surface area contributed by atoms with Crippen LogP contribution in [0.4, 0.5) is 0 Å². The maximum atomic E-state index is 10.3. The molecule has 3 rings (SSSR count). The zero-order chi connectivity index (χ0) is 17.5. The van der Waals surface area contributed by atoms with Gasteiger partial charge in [-0.2, -0.15) is 0 Å². The van der Waals surface area contributed by atoms with Crippen molar-refractivity contribution in [2.75, 3.05) is 0 Å². The molecule has 0 aliphatic rings. The first-order valence-corrected chi connectivity index (χ1v) is 9.02. The smallest absolute Gasteiger partial charge is 0.130 e. The van der Waals surface area contributed by atoms with Gasteiger partial charge in [0, 0.05) is 5.39 Å². The molecule has 1 N–H and O–H groups in total. The van der Waals surface area contributed by atoms with E-state index >= 15 is 0 Å². The fraction of sp³-hybridized carbons (Fsp3) is 0.318. The lowest BCUT2D eigenvalue weighted by atomic mass is 10.0. The molecule has 2 aromatic carbocycles. The normalized spacial score (nSPS) is 12.2. The largest absolute Gasteiger partial charge is 0.487 e. The van der Waals surface area contributed by atoms with E-state index in [1.165, 1.54) is 0 Å². The van der Waals surface area contributed by atoms with Crippen molar-refractivity contribution in [3.05, 3.63) is 71.9 Å². The summed E-state index contributed by atoms with van der Waals surface area (Å²) in [5.74, 6) is 0.766. The highest BCUT2D eigenvalue weighted by molar-refractivity contribution is 5.78. The standard InChI is InChI=1S/C22H25NO2/c1-2-3-4-12-22(24)18-9-7-10-20(15-18)25-16-19-14-13-17-8-5-6-11-21(17)23-19/h5-11,13-15,22,24H,2-4,12,16H2,1H3/t22-/m1/s1. The predicted molar refractivity (Wildman–Crippen MR) is 102 cm³/mol. The Kier molecular flexibility index (Phi) is 6.02. The summed E-state index contributed by atoms with van der Waals surface area (Å²) in [6, 6.07) is 19.9. The number of fused-ring (bicyclic) bond motifs is 1. The van der Waals surface area contributed by atoms with Crippen molar-refractivity contribution in [2.24, 2.45) is 0 Å². The summed E-state index contributed by atoms with van der Waals surface area (Å²) in [4.78, 5) is 4.62. The molecule has 3 heteroatoms. The topological polar surface area (TPSA) is 42.4 Å². The minimum atomic E-state index is -0.422. The van der Waals surface area contributed by atoms with Gasteiger partial charge in [-0.15, -0.1) is 0 Å². The number of benzene rings is 2. The maximum Gasteiger partial charge on any atom is 0.130 e. The van der Waals surface area contributed by atoms with E-state index in [1.807, 2.05) is 48.5 Å². The van der Waals surface area contributed by atoms with E-state index < -0.39 is 6.10 Å². The Hall–Kier alpha value is -2.39. The monoisotopic (exact) mass is 335 g/mol. The van der Waals surface area contributed by atoms with Gasteiger partial charge in [-0.1, -0.05) is 62.6 Å². The van der Waals surface area contributed by atoms with Crippen LogP contribution < -0.4 is 4.74 Å². The van der Waals surface area contributed by atoms with Crippen molar-refractivity contribution in [1.82, 2.24) is 4.98 Å². The average Bonchev–Trinajstić information content (AvgIpc) is 2.66. The Morgan fingerprint density at radius 3 is 2.76 bits per heavy atom. The molecule has 3 aromatic rings. The number of pyridine rings is 1. The molecule has 0 saturated carbocycles. The SMILES string of the molecule is CCCCC[C@@H](O)c1cccc(OCc2ccc3ccccc3n2)c1. The Morgan fingerprint density at radius 2 is 1.88 bits per heavy atom. The molecule has 0 amide bonds. The van der Waals surface area contributed by atoms with Crippen molar-refractivity contribution in [3.63, 3.8) is 0 Å². The molecule has 0 aliphatic carbocycles. The fourth-order valence-electron chi connectivity index (χ4n) is 2.91. The van der Waals surface area contributed by atoms with E-state index in [-0.39, 0.29) is 0 Å². The molecule has 1 heterocycles. The number of nitrogens with zero attached hydrogens (tertiary/aromatic N) is 1. The average molecular weight is 335 g/mol. The summed E-state index contributed by atoms with van der Waals surface area (Å²) < 4.78 is 5.88. The Morgan fingerprint density at radius 1 is 1.00 bits per heavy atom. The van der Waals surface area contributed by atoms with Gasteiger partial charge in [0.15, 0.2) is 0 Å². The van der Waals surface area contributed by atoms with Gasteiger partial charge in [-0.05, 0) is 36.2 Å². The summed E-state index contributed by atoms with van der Waals surface area (Å²) >= 11 is 0. The van der Waals surface area contributed by atoms with Gasteiger partial charge in [0.25, 0.3) is 0 Å². The van der Waals surface area contributed by atoms with Gasteiger partial charge in [0.05, 0.1) is 17.3 Å². The minimum absolute atomic E-state index is 0.417. The maximum absolute atomic E-state index is 10.3. The second-order valence-corrected chi connectivity index (χ2v) is 6.37. The van der Waals surface area contributed by atoms with Gasteiger partial charge >= 0.3 is 0 Å². The molecule has 0 aliphatic heterocycles. The van der Waals surface area contributed by atoms with Crippen LogP contribution in [0, 0.1) is 0 Å². The number of aliphatic hydroxyl groups is 1. The van der Waals surface area contributed by atoms with Crippen molar-refractivity contribution >= 4 is 10.9 Å². The quantitative estimate of drug-likeness (QED) is 0.558. The third-order valence-electron chi connectivity index (χ3n) is 4.37. The summed E-state index contributed by atoms with van der Waals surface area (Å²) in [5.41, 5.74) is 2.79. The predicted octanol–water partition coefficient (Wildman–Crippen LogP) is 5.43. The highest BCUT2D eigenvalue weighted by atomic mass is 16.5. The van der Waals surface area contributed by atoms with E-state index in [0.29, 0.717) is 6.61 Å². The van der Waals surface area contributed by atoms with Gasteiger partial charge in [0.1, 0.15) is 12.4 Å². The summed E-state index contributed by atoms with van der Waals surface area (Å²) in [5, 5.41) is 11.4. The molecule has 1 aromatic heterocycles. The molecule has 0 bridgehead atoms. The van der Waals surface area contributed by atoms with Gasteiger partial charge in [-0.25, -0.2) is 4.98 Å². The summed E-state index contributed by atoms with van der Waals surface area (Å²) in [6.45, 7) is 2.59. The first-order valence-electron chi connectivity index (χ1n) is 9.02. The number of hydrogen-bond donors (Lipinski definition) is 1. The number of unbranched alkanes of at least 4 members (excludes halogenated alkanes) is 2. The van der Waals surface area contributed by atoms with Crippen LogP contribution in [0.3, 0.4) is 0 Å². The second kappa shape index (κ2) is 8.63. The zero-order valence-corrected chi connectivity index (χ0v) is 14.7. The lowest BCUT2D eigenvalue weighted by Gasteiger charge is -2.13. The van der Waals surface area contributed by atoms with Crippen molar-refractivity contribution in [1.29, 1.82) is 0 Å². The zero-order valence-electron chi connectivity index (χ0n) is 14.7. The van der Waals surface area contributed by atoms with E-state index in [1.54, 1.807) is 0 Å². The third kappa shape index (κ3) is 4.80. The second-order valence-electron chi connectivity index (χ2n) is 6.37. The van der Waals surface area contributed by atoms with Crippen molar-refractivity contribution in [3.8, 4) is 5.75 Å².